The van der Waals surface area contributed by atoms with E-state index in [1.165, 1.54) is 24.2 Å². The average Bonchev–Trinajstić information content (AvgIpc) is 2.88. The van der Waals surface area contributed by atoms with Crippen LogP contribution in [0.25, 0.3) is 10.2 Å². The Morgan fingerprint density at radius 3 is 3.25 bits per heavy atom. The molecule has 1 aliphatic rings. The lowest BCUT2D eigenvalue weighted by Crippen LogP contribution is -2.44. The molecular weight excluding hydrogens is 296 g/mol. The molecule has 0 bridgehead atoms. The molecule has 1 atom stereocenters. The second-order valence-corrected chi connectivity index (χ2v) is 5.93. The van der Waals surface area contributed by atoms with E-state index in [1.54, 1.807) is 0 Å². The van der Waals surface area contributed by atoms with Gasteiger partial charge in [-0.05, 0) is 37.9 Å². The van der Waals surface area contributed by atoms with Crippen molar-refractivity contribution in [1.82, 2.24) is 20.2 Å². The molecule has 7 heteroatoms. The van der Waals surface area contributed by atoms with Gasteiger partial charge in [-0.25, -0.2) is 4.98 Å². The zero-order valence-corrected chi connectivity index (χ0v) is 13.0. The largest absolute Gasteiger partial charge is 0.316 e. The maximum atomic E-state index is 11.9. The Hall–Kier alpha value is -0.950. The topological polar surface area (TPSA) is 61.0 Å². The van der Waals surface area contributed by atoms with Gasteiger partial charge in [-0.2, -0.15) is 0 Å². The number of likely N-dealkylation sites (tertiary alicyclic amines) is 1. The van der Waals surface area contributed by atoms with E-state index < -0.39 is 0 Å². The van der Waals surface area contributed by atoms with Crippen LogP contribution in [0.2, 0.25) is 0 Å². The standard InChI is InChI=1S/C13H18N4OS.ClH/c1-14-9-3-2-5-17(7-9)8-11-15-10-4-6-19-12(10)13(18)16-11;/h4,6,9,14H,2-3,5,7-8H2,1H3,(H,15,16,18);1H. The molecule has 5 nitrogen and oxygen atoms in total. The molecule has 1 aliphatic heterocycles. The third kappa shape index (κ3) is 3.20. The number of nitrogens with one attached hydrogen (secondary N) is 2. The van der Waals surface area contributed by atoms with E-state index in [9.17, 15) is 4.79 Å². The number of hydrogen-bond acceptors (Lipinski definition) is 5. The third-order valence-corrected chi connectivity index (χ3v) is 4.55. The van der Waals surface area contributed by atoms with E-state index in [4.69, 9.17) is 0 Å². The fourth-order valence-electron chi connectivity index (χ4n) is 2.64. The molecule has 2 aromatic heterocycles. The molecule has 0 radical (unpaired) electrons. The molecule has 3 heterocycles. The summed E-state index contributed by atoms with van der Waals surface area (Å²) in [6.45, 7) is 2.81. The minimum Gasteiger partial charge on any atom is -0.316 e. The van der Waals surface area contributed by atoms with Gasteiger partial charge in [-0.3, -0.25) is 9.69 Å². The summed E-state index contributed by atoms with van der Waals surface area (Å²) >= 11 is 1.44. The zero-order valence-electron chi connectivity index (χ0n) is 11.4. The SMILES string of the molecule is CNC1CCCN(Cc2nc3ccsc3c(=O)[nH]2)C1.Cl. The second-order valence-electron chi connectivity index (χ2n) is 5.01. The molecule has 2 aromatic rings. The van der Waals surface area contributed by atoms with E-state index in [0.717, 1.165) is 35.7 Å². The van der Waals surface area contributed by atoms with Gasteiger partial charge < -0.3 is 10.3 Å². The summed E-state index contributed by atoms with van der Waals surface area (Å²) in [5.74, 6) is 0.771. The fourth-order valence-corrected chi connectivity index (χ4v) is 3.37. The third-order valence-electron chi connectivity index (χ3n) is 3.65. The predicted molar refractivity (Wildman–Crippen MR) is 84.8 cm³/mol. The first-order valence-electron chi connectivity index (χ1n) is 6.62. The summed E-state index contributed by atoms with van der Waals surface area (Å²) in [4.78, 5) is 21.7. The van der Waals surface area contributed by atoms with Crippen molar-refractivity contribution < 1.29 is 0 Å². The van der Waals surface area contributed by atoms with Gasteiger partial charge in [0.15, 0.2) is 0 Å². The molecule has 2 N–H and O–H groups in total. The smallest absolute Gasteiger partial charge is 0.268 e. The van der Waals surface area contributed by atoms with Crippen molar-refractivity contribution in [3.63, 3.8) is 0 Å². The van der Waals surface area contributed by atoms with Crippen molar-refractivity contribution >= 4 is 34.0 Å². The van der Waals surface area contributed by atoms with Crippen LogP contribution in [0, 0.1) is 0 Å². The zero-order chi connectivity index (χ0) is 13.2. The first-order valence-corrected chi connectivity index (χ1v) is 7.50. The number of piperidine rings is 1. The number of halogens is 1. The lowest BCUT2D eigenvalue weighted by molar-refractivity contribution is 0.184. The molecule has 20 heavy (non-hydrogen) atoms. The van der Waals surface area contributed by atoms with Crippen LogP contribution >= 0.6 is 23.7 Å². The molecule has 110 valence electrons. The maximum Gasteiger partial charge on any atom is 0.268 e. The maximum absolute atomic E-state index is 11.9. The quantitative estimate of drug-likeness (QED) is 0.903. The predicted octanol–water partition coefficient (Wildman–Crippen LogP) is 1.59. The Bertz CT molecular complexity index is 626. The van der Waals surface area contributed by atoms with Crippen LogP contribution in [0.1, 0.15) is 18.7 Å². The summed E-state index contributed by atoms with van der Waals surface area (Å²) in [5, 5.41) is 5.24. The number of H-pyrrole nitrogens is 1. The molecule has 0 aromatic carbocycles. The van der Waals surface area contributed by atoms with E-state index in [0.29, 0.717) is 6.04 Å². The molecule has 0 aliphatic carbocycles. The van der Waals surface area contributed by atoms with Gasteiger partial charge in [0.2, 0.25) is 0 Å². The highest BCUT2D eigenvalue weighted by Crippen LogP contribution is 2.15. The van der Waals surface area contributed by atoms with Crippen molar-refractivity contribution in [2.24, 2.45) is 0 Å². The van der Waals surface area contributed by atoms with Gasteiger partial charge in [-0.1, -0.05) is 0 Å². The van der Waals surface area contributed by atoms with E-state index in [2.05, 4.69) is 20.2 Å². The van der Waals surface area contributed by atoms with Gasteiger partial charge in [0.25, 0.3) is 5.56 Å². The highest BCUT2D eigenvalue weighted by atomic mass is 35.5. The minimum atomic E-state index is -0.0165. The first kappa shape index (κ1) is 15.4. The van der Waals surface area contributed by atoms with Crippen LogP contribution in [0.4, 0.5) is 0 Å². The van der Waals surface area contributed by atoms with Crippen LogP contribution in [0.3, 0.4) is 0 Å². The van der Waals surface area contributed by atoms with Gasteiger partial charge in [-0.15, -0.1) is 23.7 Å². The molecule has 0 saturated carbocycles. The minimum absolute atomic E-state index is 0. The van der Waals surface area contributed by atoms with Crippen molar-refractivity contribution in [1.29, 1.82) is 0 Å². The van der Waals surface area contributed by atoms with Gasteiger partial charge in [0, 0.05) is 12.6 Å². The number of likely N-dealkylation sites (N-methyl/N-ethyl adjacent to an activating group) is 1. The Labute approximate surface area is 127 Å². The number of hydrogen-bond donors (Lipinski definition) is 2. The van der Waals surface area contributed by atoms with Gasteiger partial charge >= 0.3 is 0 Å². The number of rotatable bonds is 3. The van der Waals surface area contributed by atoms with Crippen LogP contribution in [-0.2, 0) is 6.54 Å². The summed E-state index contributed by atoms with van der Waals surface area (Å²) in [7, 11) is 2.01. The highest BCUT2D eigenvalue weighted by molar-refractivity contribution is 7.17. The van der Waals surface area contributed by atoms with Crippen molar-refractivity contribution in [3.8, 4) is 0 Å². The Balaban J connectivity index is 0.00000147. The number of aromatic nitrogens is 2. The van der Waals surface area contributed by atoms with Gasteiger partial charge in [0.05, 0.1) is 12.1 Å². The van der Waals surface area contributed by atoms with E-state index in [-0.39, 0.29) is 18.0 Å². The Morgan fingerprint density at radius 2 is 2.45 bits per heavy atom. The van der Waals surface area contributed by atoms with Crippen LogP contribution in [0.15, 0.2) is 16.2 Å². The molecule has 3 rings (SSSR count). The van der Waals surface area contributed by atoms with Crippen LogP contribution in [-0.4, -0.2) is 41.0 Å². The van der Waals surface area contributed by atoms with Gasteiger partial charge in [0.1, 0.15) is 10.5 Å². The molecule has 1 fully saturated rings. The van der Waals surface area contributed by atoms with Crippen molar-refractivity contribution in [3.05, 3.63) is 27.6 Å². The second kappa shape index (κ2) is 6.67. The summed E-state index contributed by atoms with van der Waals surface area (Å²) in [5.41, 5.74) is 0.795. The molecular formula is C13H19ClN4OS. The normalized spacial score (nSPS) is 19.9. The van der Waals surface area contributed by atoms with E-state index >= 15 is 0 Å². The Morgan fingerprint density at radius 1 is 1.60 bits per heavy atom. The number of fused-ring (bicyclic) bond motifs is 1. The summed E-state index contributed by atoms with van der Waals surface area (Å²) < 4.78 is 0.718. The number of thiophene rings is 1. The number of aromatic amines is 1. The lowest BCUT2D eigenvalue weighted by Gasteiger charge is -2.32. The molecule has 0 spiro atoms. The molecule has 0 amide bonds. The average molecular weight is 315 g/mol. The van der Waals surface area contributed by atoms with E-state index in [1.807, 2.05) is 18.5 Å². The van der Waals surface area contributed by atoms with Crippen molar-refractivity contribution in [2.75, 3.05) is 20.1 Å². The number of nitrogens with zero attached hydrogens (tertiary/aromatic N) is 2. The van der Waals surface area contributed by atoms with Crippen LogP contribution < -0.4 is 10.9 Å². The molecule has 1 unspecified atom stereocenters. The fraction of sp³-hybridized carbons (Fsp3) is 0.538. The highest BCUT2D eigenvalue weighted by Gasteiger charge is 2.19. The van der Waals surface area contributed by atoms with Crippen molar-refractivity contribution in [2.45, 2.75) is 25.4 Å². The Kier molecular flexibility index (Phi) is 5.15. The molecule has 1 saturated heterocycles. The van der Waals surface area contributed by atoms with Crippen LogP contribution in [0.5, 0.6) is 0 Å². The summed E-state index contributed by atoms with van der Waals surface area (Å²) in [6, 6.07) is 2.45. The lowest BCUT2D eigenvalue weighted by atomic mass is 10.1. The monoisotopic (exact) mass is 314 g/mol. The summed E-state index contributed by atoms with van der Waals surface area (Å²) in [6.07, 6.45) is 2.41. The first-order chi connectivity index (χ1) is 9.26.